The number of hydrogen-bond donors (Lipinski definition) is 1. The Bertz CT molecular complexity index is 1470. The minimum absolute atomic E-state index is 0.0119. The molecule has 5 heterocycles. The molecule has 1 amide bonds. The second kappa shape index (κ2) is 8.74. The Morgan fingerprint density at radius 2 is 1.97 bits per heavy atom. The fraction of sp³-hybridized carbons (Fsp3) is 0.407. The van der Waals surface area contributed by atoms with Crippen LogP contribution in [0.4, 0.5) is 4.79 Å². The molecule has 3 aliphatic rings. The number of cyclic esters (lactones) is 1. The van der Waals surface area contributed by atoms with Crippen LogP contribution in [0.25, 0.3) is 22.3 Å². The lowest BCUT2D eigenvalue weighted by Gasteiger charge is -2.26. The summed E-state index contributed by atoms with van der Waals surface area (Å²) in [5.41, 5.74) is 5.56. The van der Waals surface area contributed by atoms with E-state index in [2.05, 4.69) is 12.2 Å². The Hall–Kier alpha value is -3.72. The molecule has 36 heavy (non-hydrogen) atoms. The van der Waals surface area contributed by atoms with Gasteiger partial charge in [-0.2, -0.15) is 0 Å². The van der Waals surface area contributed by atoms with Crippen LogP contribution in [-0.4, -0.2) is 52.7 Å². The van der Waals surface area contributed by atoms with Gasteiger partial charge in [-0.05, 0) is 48.2 Å². The van der Waals surface area contributed by atoms with E-state index < -0.39 is 5.92 Å². The number of esters is 1. The molecule has 0 spiro atoms. The maximum absolute atomic E-state index is 13.4. The molecular weight excluding hydrogens is 460 g/mol. The van der Waals surface area contributed by atoms with Gasteiger partial charge in [-0.3, -0.25) is 9.59 Å². The number of aryl methyl sites for hydroxylation is 1. The van der Waals surface area contributed by atoms with Gasteiger partial charge in [0.25, 0.3) is 5.56 Å². The van der Waals surface area contributed by atoms with Crippen LogP contribution in [0.2, 0.25) is 0 Å². The van der Waals surface area contributed by atoms with Crippen LogP contribution < -0.4 is 15.6 Å². The molecule has 9 heteroatoms. The Labute approximate surface area is 208 Å². The summed E-state index contributed by atoms with van der Waals surface area (Å²) in [4.78, 5) is 45.0. The first-order valence-electron chi connectivity index (χ1n) is 12.6. The average molecular weight is 489 g/mol. The molecule has 1 N–H and O–H groups in total. The van der Waals surface area contributed by atoms with Gasteiger partial charge in [0.2, 0.25) is 0 Å². The lowest BCUT2D eigenvalue weighted by atomic mass is 9.90. The highest BCUT2D eigenvalue weighted by Gasteiger charge is 2.34. The van der Waals surface area contributed by atoms with Crippen LogP contribution in [0.5, 0.6) is 5.75 Å². The molecule has 0 aliphatic carbocycles. The molecule has 1 unspecified atom stereocenters. The van der Waals surface area contributed by atoms with Gasteiger partial charge >= 0.3 is 12.1 Å². The zero-order valence-electron chi connectivity index (χ0n) is 20.4. The zero-order chi connectivity index (χ0) is 25.0. The highest BCUT2D eigenvalue weighted by atomic mass is 16.6. The van der Waals surface area contributed by atoms with Crippen molar-refractivity contribution in [3.05, 3.63) is 56.9 Å². The van der Waals surface area contributed by atoms with Gasteiger partial charge < -0.3 is 24.3 Å². The molecular formula is C27H28N4O5. The first kappa shape index (κ1) is 22.7. The summed E-state index contributed by atoms with van der Waals surface area (Å²) in [6, 6.07) is 7.46. The minimum atomic E-state index is -0.435. The van der Waals surface area contributed by atoms with Crippen LogP contribution in [0.15, 0.2) is 29.1 Å². The number of piperazine rings is 1. The van der Waals surface area contributed by atoms with Gasteiger partial charge in [0.15, 0.2) is 0 Å². The number of nitrogens with one attached hydrogen (secondary N) is 1. The third-order valence-corrected chi connectivity index (χ3v) is 7.53. The standard InChI is InChI=1S/C27H28N4O5/c1-3-16-19-11-15(36-27(34)30-9-7-28-8-10-30)5-6-22(19)29-24-20(16)13-31-23(24)12-18-17(4-2)26(33)35-14-21(18)25(31)32/h5-6,11-12,17,28H,3-4,7-10,13-14H2,1-2H3. The predicted octanol–water partition coefficient (Wildman–Crippen LogP) is 2.94. The monoisotopic (exact) mass is 488 g/mol. The lowest BCUT2D eigenvalue weighted by Crippen LogP contribution is -2.47. The van der Waals surface area contributed by atoms with Crippen molar-refractivity contribution in [1.29, 1.82) is 0 Å². The molecule has 186 valence electrons. The second-order valence-corrected chi connectivity index (χ2v) is 9.48. The van der Waals surface area contributed by atoms with Crippen molar-refractivity contribution in [3.8, 4) is 17.1 Å². The van der Waals surface area contributed by atoms with Crippen LogP contribution in [0, 0.1) is 0 Å². The quantitative estimate of drug-likeness (QED) is 0.442. The van der Waals surface area contributed by atoms with Crippen LogP contribution in [0.3, 0.4) is 0 Å². The number of ether oxygens (including phenoxy) is 2. The summed E-state index contributed by atoms with van der Waals surface area (Å²) in [7, 11) is 0. The molecule has 0 radical (unpaired) electrons. The van der Waals surface area contributed by atoms with Gasteiger partial charge in [0, 0.05) is 37.1 Å². The maximum Gasteiger partial charge on any atom is 0.415 e. The van der Waals surface area contributed by atoms with Gasteiger partial charge in [-0.15, -0.1) is 0 Å². The SMILES string of the molecule is CCc1c2c(nc3ccc(OC(=O)N4CCNCC4)cc13)-c1cc3c(c(=O)n1C2)COC(=O)C3CC. The van der Waals surface area contributed by atoms with Crippen molar-refractivity contribution in [2.75, 3.05) is 26.2 Å². The minimum Gasteiger partial charge on any atom is -0.460 e. The molecule has 6 rings (SSSR count). The van der Waals surface area contributed by atoms with E-state index in [1.165, 1.54) is 0 Å². The normalized spacial score (nSPS) is 18.4. The average Bonchev–Trinajstić information content (AvgIpc) is 3.26. The molecule has 3 aliphatic heterocycles. The number of carbonyl (C=O) groups excluding carboxylic acids is 2. The highest BCUT2D eigenvalue weighted by Crippen LogP contribution is 2.39. The van der Waals surface area contributed by atoms with Crippen molar-refractivity contribution in [2.24, 2.45) is 0 Å². The Morgan fingerprint density at radius 3 is 2.72 bits per heavy atom. The third-order valence-electron chi connectivity index (χ3n) is 7.53. The first-order valence-corrected chi connectivity index (χ1v) is 12.6. The van der Waals surface area contributed by atoms with Gasteiger partial charge in [0.05, 0.1) is 34.9 Å². The Kier molecular flexibility index (Phi) is 5.52. The number of carbonyl (C=O) groups is 2. The van der Waals surface area contributed by atoms with Crippen molar-refractivity contribution in [1.82, 2.24) is 19.8 Å². The van der Waals surface area contributed by atoms with Gasteiger partial charge in [0.1, 0.15) is 12.4 Å². The molecule has 9 nitrogen and oxygen atoms in total. The number of pyridine rings is 2. The van der Waals surface area contributed by atoms with E-state index in [1.807, 2.05) is 25.1 Å². The topological polar surface area (TPSA) is 103 Å². The van der Waals surface area contributed by atoms with E-state index >= 15 is 0 Å². The molecule has 0 saturated carbocycles. The number of nitrogens with zero attached hydrogens (tertiary/aromatic N) is 3. The highest BCUT2D eigenvalue weighted by molar-refractivity contribution is 5.90. The van der Waals surface area contributed by atoms with Gasteiger partial charge in [-0.1, -0.05) is 13.8 Å². The number of amides is 1. The number of rotatable bonds is 3. The van der Waals surface area contributed by atoms with E-state index in [0.29, 0.717) is 37.4 Å². The Balaban J connectivity index is 1.43. The molecule has 0 bridgehead atoms. The fourth-order valence-electron chi connectivity index (χ4n) is 5.64. The summed E-state index contributed by atoms with van der Waals surface area (Å²) >= 11 is 0. The molecule has 1 atom stereocenters. The number of benzene rings is 1. The molecule has 1 aromatic carbocycles. The summed E-state index contributed by atoms with van der Waals surface area (Å²) in [6.45, 7) is 7.17. The van der Waals surface area contributed by atoms with Crippen molar-refractivity contribution < 1.29 is 19.1 Å². The van der Waals surface area contributed by atoms with Crippen LogP contribution >= 0.6 is 0 Å². The smallest absolute Gasteiger partial charge is 0.415 e. The molecule has 1 saturated heterocycles. The molecule has 3 aromatic rings. The third kappa shape index (κ3) is 3.49. The zero-order valence-corrected chi connectivity index (χ0v) is 20.4. The Morgan fingerprint density at radius 1 is 1.17 bits per heavy atom. The van der Waals surface area contributed by atoms with Crippen molar-refractivity contribution in [2.45, 2.75) is 45.8 Å². The summed E-state index contributed by atoms with van der Waals surface area (Å²) < 4.78 is 12.7. The van der Waals surface area contributed by atoms with E-state index in [9.17, 15) is 14.4 Å². The summed E-state index contributed by atoms with van der Waals surface area (Å²) in [5.74, 6) is -0.237. The van der Waals surface area contributed by atoms with E-state index in [0.717, 1.165) is 58.5 Å². The largest absolute Gasteiger partial charge is 0.460 e. The van der Waals surface area contributed by atoms with Crippen molar-refractivity contribution in [3.63, 3.8) is 0 Å². The fourth-order valence-corrected chi connectivity index (χ4v) is 5.64. The maximum atomic E-state index is 13.4. The van der Waals surface area contributed by atoms with E-state index in [4.69, 9.17) is 14.5 Å². The van der Waals surface area contributed by atoms with Crippen LogP contribution in [-0.2, 0) is 29.1 Å². The number of aromatic nitrogens is 2. The van der Waals surface area contributed by atoms with E-state index in [-0.39, 0.29) is 24.2 Å². The van der Waals surface area contributed by atoms with Crippen molar-refractivity contribution >= 4 is 23.0 Å². The predicted molar refractivity (Wildman–Crippen MR) is 133 cm³/mol. The summed E-state index contributed by atoms with van der Waals surface area (Å²) in [6.07, 6.45) is 0.954. The second-order valence-electron chi connectivity index (χ2n) is 9.48. The molecule has 2 aromatic heterocycles. The number of fused-ring (bicyclic) bond motifs is 5. The lowest BCUT2D eigenvalue weighted by molar-refractivity contribution is -0.148. The van der Waals surface area contributed by atoms with E-state index in [1.54, 1.807) is 15.5 Å². The molecule has 1 fully saturated rings. The van der Waals surface area contributed by atoms with Crippen LogP contribution in [0.1, 0.15) is 48.4 Å². The number of hydrogen-bond acceptors (Lipinski definition) is 7. The first-order chi connectivity index (χ1) is 17.5. The van der Waals surface area contributed by atoms with Gasteiger partial charge in [-0.25, -0.2) is 9.78 Å². The summed E-state index contributed by atoms with van der Waals surface area (Å²) in [5, 5.41) is 4.14.